The zero-order valence-corrected chi connectivity index (χ0v) is 11.0. The predicted molar refractivity (Wildman–Crippen MR) is 66.7 cm³/mol. The van der Waals surface area contributed by atoms with Crippen molar-refractivity contribution in [3.63, 3.8) is 0 Å². The van der Waals surface area contributed by atoms with Crippen molar-refractivity contribution in [3.05, 3.63) is 23.3 Å². The van der Waals surface area contributed by atoms with Crippen LogP contribution < -0.4 is 0 Å². The lowest BCUT2D eigenvalue weighted by atomic mass is 9.62. The maximum atomic E-state index is 11.9. The number of rotatable bonds is 0. The number of carbonyl (C=O) groups excluding carboxylic acids is 2. The number of carbonyl (C=O) groups is 2. The number of hydrogen-bond donors (Lipinski definition) is 0. The molecule has 0 unspecified atom stereocenters. The lowest BCUT2D eigenvalue weighted by Crippen LogP contribution is -2.39. The van der Waals surface area contributed by atoms with Gasteiger partial charge in [0.15, 0.2) is 5.78 Å². The Balaban J connectivity index is 2.10. The van der Waals surface area contributed by atoms with Crippen LogP contribution in [0.4, 0.5) is 0 Å². The summed E-state index contributed by atoms with van der Waals surface area (Å²) in [4.78, 5) is 23.6. The largest absolute Gasteiger partial charge is 0.457 e. The van der Waals surface area contributed by atoms with Gasteiger partial charge in [0, 0.05) is 16.9 Å². The van der Waals surface area contributed by atoms with Gasteiger partial charge in [-0.1, -0.05) is 19.9 Å². The first-order chi connectivity index (χ1) is 8.44. The van der Waals surface area contributed by atoms with E-state index in [-0.39, 0.29) is 35.1 Å². The molecule has 0 aromatic rings. The summed E-state index contributed by atoms with van der Waals surface area (Å²) in [5.41, 5.74) is 1.71. The van der Waals surface area contributed by atoms with E-state index in [1.165, 1.54) is 0 Å². The second-order valence-electron chi connectivity index (χ2n) is 6.00. The summed E-state index contributed by atoms with van der Waals surface area (Å²) in [6, 6.07) is 0. The molecule has 2 fully saturated rings. The standard InChI is InChI=1S/C15H18O3/c1-8-10-4-6-15(3)7-5-11(16)9(2)12(15)13(10)18-14(8)17/h5,7-8,10,13H,4,6H2,1-3H3/t8-,10+,13-,15-/m0/s1. The zero-order valence-electron chi connectivity index (χ0n) is 11.0. The molecule has 1 saturated heterocycles. The van der Waals surface area contributed by atoms with E-state index in [9.17, 15) is 9.59 Å². The van der Waals surface area contributed by atoms with Gasteiger partial charge in [0.1, 0.15) is 6.10 Å². The zero-order chi connectivity index (χ0) is 13.1. The van der Waals surface area contributed by atoms with Crippen LogP contribution in [-0.2, 0) is 14.3 Å². The quantitative estimate of drug-likeness (QED) is 0.616. The number of esters is 1. The Bertz CT molecular complexity index is 500. The maximum absolute atomic E-state index is 11.9. The van der Waals surface area contributed by atoms with Crippen LogP contribution in [0.25, 0.3) is 0 Å². The maximum Gasteiger partial charge on any atom is 0.309 e. The predicted octanol–water partition coefficient (Wildman–Crippen LogP) is 2.42. The molecule has 3 nitrogen and oxygen atoms in total. The molecular weight excluding hydrogens is 228 g/mol. The minimum absolute atomic E-state index is 0.0409. The highest BCUT2D eigenvalue weighted by atomic mass is 16.6. The first-order valence-electron chi connectivity index (χ1n) is 6.59. The minimum atomic E-state index is -0.180. The van der Waals surface area contributed by atoms with Crippen molar-refractivity contribution in [2.75, 3.05) is 0 Å². The fourth-order valence-corrected chi connectivity index (χ4v) is 3.69. The Hall–Kier alpha value is -1.38. The van der Waals surface area contributed by atoms with Crippen LogP contribution in [-0.4, -0.2) is 17.9 Å². The van der Waals surface area contributed by atoms with Crippen molar-refractivity contribution >= 4 is 11.8 Å². The Morgan fingerprint density at radius 1 is 1.39 bits per heavy atom. The first kappa shape index (κ1) is 11.7. The highest BCUT2D eigenvalue weighted by molar-refractivity contribution is 6.05. The Kier molecular flexibility index (Phi) is 2.31. The molecule has 3 rings (SSSR count). The van der Waals surface area contributed by atoms with E-state index in [0.717, 1.165) is 24.0 Å². The third-order valence-electron chi connectivity index (χ3n) is 4.92. The molecule has 0 spiro atoms. The average molecular weight is 246 g/mol. The number of allylic oxidation sites excluding steroid dienone is 3. The van der Waals surface area contributed by atoms with Crippen LogP contribution >= 0.6 is 0 Å². The number of hydrogen-bond acceptors (Lipinski definition) is 3. The van der Waals surface area contributed by atoms with E-state index in [1.54, 1.807) is 6.08 Å². The number of fused-ring (bicyclic) bond motifs is 3. The molecular formula is C15H18O3. The summed E-state index contributed by atoms with van der Waals surface area (Å²) in [5, 5.41) is 0. The fourth-order valence-electron chi connectivity index (χ4n) is 3.69. The molecule has 1 saturated carbocycles. The van der Waals surface area contributed by atoms with Crippen LogP contribution in [0, 0.1) is 17.3 Å². The summed E-state index contributed by atoms with van der Waals surface area (Å²) in [6.45, 7) is 5.94. The Morgan fingerprint density at radius 3 is 2.83 bits per heavy atom. The van der Waals surface area contributed by atoms with Gasteiger partial charge in [0.25, 0.3) is 0 Å². The molecule has 18 heavy (non-hydrogen) atoms. The van der Waals surface area contributed by atoms with E-state index < -0.39 is 0 Å². The van der Waals surface area contributed by atoms with Gasteiger partial charge >= 0.3 is 5.97 Å². The van der Waals surface area contributed by atoms with Gasteiger partial charge < -0.3 is 4.74 Å². The van der Waals surface area contributed by atoms with Crippen molar-refractivity contribution in [1.82, 2.24) is 0 Å². The van der Waals surface area contributed by atoms with E-state index >= 15 is 0 Å². The number of ketones is 1. The van der Waals surface area contributed by atoms with Gasteiger partial charge in [0.2, 0.25) is 0 Å². The van der Waals surface area contributed by atoms with Crippen molar-refractivity contribution < 1.29 is 14.3 Å². The van der Waals surface area contributed by atoms with Crippen LogP contribution in [0.15, 0.2) is 23.3 Å². The van der Waals surface area contributed by atoms with Crippen LogP contribution in [0.2, 0.25) is 0 Å². The number of ether oxygens (including phenoxy) is 1. The molecule has 1 aliphatic heterocycles. The fraction of sp³-hybridized carbons (Fsp3) is 0.600. The Labute approximate surface area is 107 Å². The van der Waals surface area contributed by atoms with Crippen molar-refractivity contribution in [2.24, 2.45) is 17.3 Å². The normalized spacial score (nSPS) is 42.7. The summed E-state index contributed by atoms with van der Waals surface area (Å²) in [7, 11) is 0. The molecule has 3 aliphatic rings. The van der Waals surface area contributed by atoms with E-state index in [4.69, 9.17) is 4.74 Å². The molecule has 0 aromatic heterocycles. The summed E-state index contributed by atoms with van der Waals surface area (Å²) in [6.07, 6.45) is 5.46. The van der Waals surface area contributed by atoms with Crippen LogP contribution in [0.5, 0.6) is 0 Å². The first-order valence-corrected chi connectivity index (χ1v) is 6.59. The summed E-state index contributed by atoms with van der Waals surface area (Å²) >= 11 is 0. The van der Waals surface area contributed by atoms with E-state index in [0.29, 0.717) is 0 Å². The molecule has 1 heterocycles. The molecule has 0 aromatic carbocycles. The second-order valence-corrected chi connectivity index (χ2v) is 6.00. The molecule has 0 amide bonds. The van der Waals surface area contributed by atoms with Gasteiger partial charge in [-0.15, -0.1) is 0 Å². The monoisotopic (exact) mass is 246 g/mol. The van der Waals surface area contributed by atoms with Crippen molar-refractivity contribution in [2.45, 2.75) is 39.7 Å². The third-order valence-corrected chi connectivity index (χ3v) is 4.92. The average Bonchev–Trinajstić information content (AvgIpc) is 2.60. The van der Waals surface area contributed by atoms with Gasteiger partial charge in [-0.3, -0.25) is 9.59 Å². The lowest BCUT2D eigenvalue weighted by Gasteiger charge is -2.42. The van der Waals surface area contributed by atoms with Crippen molar-refractivity contribution in [3.8, 4) is 0 Å². The summed E-state index contributed by atoms with van der Waals surface area (Å²) < 4.78 is 5.55. The van der Waals surface area contributed by atoms with Gasteiger partial charge in [-0.25, -0.2) is 0 Å². The van der Waals surface area contributed by atoms with Gasteiger partial charge in [-0.2, -0.15) is 0 Å². The molecule has 0 N–H and O–H groups in total. The summed E-state index contributed by atoms with van der Waals surface area (Å²) in [5.74, 6) is 0.144. The van der Waals surface area contributed by atoms with E-state index in [2.05, 4.69) is 6.92 Å². The molecule has 0 radical (unpaired) electrons. The van der Waals surface area contributed by atoms with Gasteiger partial charge in [-0.05, 0) is 31.4 Å². The van der Waals surface area contributed by atoms with Gasteiger partial charge in [0.05, 0.1) is 5.92 Å². The van der Waals surface area contributed by atoms with Crippen molar-refractivity contribution in [1.29, 1.82) is 0 Å². The van der Waals surface area contributed by atoms with Crippen LogP contribution in [0.3, 0.4) is 0 Å². The molecule has 3 heteroatoms. The highest BCUT2D eigenvalue weighted by Crippen LogP contribution is 2.52. The SMILES string of the molecule is CC1=C2[C@H]3OC(=O)[C@@H](C)[C@H]3CC[C@@]2(C)C=CC1=O. The topological polar surface area (TPSA) is 43.4 Å². The second kappa shape index (κ2) is 3.56. The Morgan fingerprint density at radius 2 is 2.11 bits per heavy atom. The molecule has 4 atom stereocenters. The van der Waals surface area contributed by atoms with E-state index in [1.807, 2.05) is 19.9 Å². The highest BCUT2D eigenvalue weighted by Gasteiger charge is 2.52. The molecule has 2 aliphatic carbocycles. The minimum Gasteiger partial charge on any atom is -0.457 e. The smallest absolute Gasteiger partial charge is 0.309 e. The molecule has 0 bridgehead atoms. The van der Waals surface area contributed by atoms with Crippen LogP contribution in [0.1, 0.15) is 33.6 Å². The lowest BCUT2D eigenvalue weighted by molar-refractivity contribution is -0.143. The third kappa shape index (κ3) is 1.36. The molecule has 96 valence electrons.